The average Bonchev–Trinajstić information content (AvgIpc) is 1.95. The molecule has 0 aliphatic heterocycles. The van der Waals surface area contributed by atoms with Gasteiger partial charge in [0.15, 0.2) is 0 Å². The first-order chi connectivity index (χ1) is 6.09. The fraction of sp³-hybridized carbons (Fsp3) is 1.00. The molecule has 1 unspecified atom stereocenters. The van der Waals surface area contributed by atoms with Gasteiger partial charge in [-0.1, -0.05) is 0 Å². The van der Waals surface area contributed by atoms with Crippen LogP contribution in [0.1, 0.15) is 0 Å². The summed E-state index contributed by atoms with van der Waals surface area (Å²) in [6.07, 6.45) is -19.2. The highest BCUT2D eigenvalue weighted by Crippen LogP contribution is 2.36. The molecule has 0 heterocycles. The van der Waals surface area contributed by atoms with Crippen molar-refractivity contribution in [1.29, 1.82) is 0 Å². The third-order valence-electron chi connectivity index (χ3n) is 1.000. The summed E-state index contributed by atoms with van der Waals surface area (Å²) in [4.78, 5) is 0. The molecule has 1 atom stereocenters. The molecule has 0 spiro atoms. The summed E-state index contributed by atoms with van der Waals surface area (Å²) in [7, 11) is 0. The Balaban J connectivity index is 4.59. The number of hydrogen-bond donors (Lipinski definition) is 0. The Bertz CT molecular complexity index is 158. The van der Waals surface area contributed by atoms with Crippen molar-refractivity contribution in [2.75, 3.05) is 6.67 Å². The standard InChI is InChI=1S/C5H4F8O/c6-1-2(7)14-3(4(8,9)10)5(11,12)13/h2-3H,1H2. The third kappa shape index (κ3) is 4.07. The Kier molecular flexibility index (Phi) is 4.10. The molecule has 0 aliphatic rings. The van der Waals surface area contributed by atoms with E-state index in [4.69, 9.17) is 0 Å². The van der Waals surface area contributed by atoms with Gasteiger partial charge in [0, 0.05) is 0 Å². The molecule has 0 radical (unpaired) electrons. The Morgan fingerprint density at radius 2 is 1.29 bits per heavy atom. The van der Waals surface area contributed by atoms with Crippen LogP contribution in [0.2, 0.25) is 0 Å². The molecule has 86 valence electrons. The quantitative estimate of drug-likeness (QED) is 0.680. The predicted octanol–water partition coefficient (Wildman–Crippen LogP) is 2.76. The highest BCUT2D eigenvalue weighted by molar-refractivity contribution is 4.76. The maximum absolute atomic E-state index is 11.8. The summed E-state index contributed by atoms with van der Waals surface area (Å²) in [6.45, 7) is -2.08. The lowest BCUT2D eigenvalue weighted by atomic mass is 10.3. The van der Waals surface area contributed by atoms with Gasteiger partial charge in [0.05, 0.1) is 0 Å². The van der Waals surface area contributed by atoms with E-state index in [0.717, 1.165) is 0 Å². The minimum absolute atomic E-state index is 2.08. The van der Waals surface area contributed by atoms with Crippen molar-refractivity contribution in [3.05, 3.63) is 0 Å². The molecule has 14 heavy (non-hydrogen) atoms. The van der Waals surface area contributed by atoms with Gasteiger partial charge in [-0.05, 0) is 0 Å². The first-order valence-electron chi connectivity index (χ1n) is 3.08. The molecule has 0 aliphatic carbocycles. The summed E-state index contributed by atoms with van der Waals surface area (Å²) < 4.78 is 95.4. The van der Waals surface area contributed by atoms with Crippen molar-refractivity contribution in [1.82, 2.24) is 0 Å². The van der Waals surface area contributed by atoms with Crippen LogP contribution in [-0.4, -0.2) is 31.5 Å². The van der Waals surface area contributed by atoms with Crippen molar-refractivity contribution >= 4 is 0 Å². The van der Waals surface area contributed by atoms with Crippen LogP contribution in [0.5, 0.6) is 0 Å². The topological polar surface area (TPSA) is 9.23 Å². The van der Waals surface area contributed by atoms with E-state index in [-0.39, 0.29) is 0 Å². The first-order valence-corrected chi connectivity index (χ1v) is 3.08. The van der Waals surface area contributed by atoms with Gasteiger partial charge in [0.2, 0.25) is 6.36 Å². The molecule has 0 aromatic carbocycles. The Labute approximate surface area is 72.6 Å². The molecule has 0 saturated heterocycles. The second-order valence-electron chi connectivity index (χ2n) is 2.16. The molecule has 0 bridgehead atoms. The van der Waals surface area contributed by atoms with E-state index >= 15 is 0 Å². The number of halogens is 8. The Hall–Kier alpha value is -0.600. The molecule has 0 fully saturated rings. The molecule has 0 amide bonds. The van der Waals surface area contributed by atoms with Crippen LogP contribution in [0, 0.1) is 0 Å². The molecule has 9 heteroatoms. The lowest BCUT2D eigenvalue weighted by Gasteiger charge is -2.23. The van der Waals surface area contributed by atoms with Gasteiger partial charge in [-0.15, -0.1) is 0 Å². The van der Waals surface area contributed by atoms with Crippen LogP contribution in [-0.2, 0) is 4.74 Å². The fourth-order valence-corrected chi connectivity index (χ4v) is 0.524. The van der Waals surface area contributed by atoms with E-state index in [0.29, 0.717) is 0 Å². The molecular formula is C5H4F8O. The summed E-state index contributed by atoms with van der Waals surface area (Å²) in [6, 6.07) is 0. The summed E-state index contributed by atoms with van der Waals surface area (Å²) in [5, 5.41) is 0. The summed E-state index contributed by atoms with van der Waals surface area (Å²) in [5.74, 6) is 0. The van der Waals surface area contributed by atoms with E-state index in [1.54, 1.807) is 0 Å². The zero-order chi connectivity index (χ0) is 11.6. The lowest BCUT2D eigenvalue weighted by molar-refractivity contribution is -0.341. The van der Waals surface area contributed by atoms with Crippen molar-refractivity contribution in [2.24, 2.45) is 0 Å². The fourth-order valence-electron chi connectivity index (χ4n) is 0.524. The minimum atomic E-state index is -5.82. The van der Waals surface area contributed by atoms with Gasteiger partial charge in [0.25, 0.3) is 6.10 Å². The molecule has 0 aromatic rings. The number of ether oxygens (including phenoxy) is 1. The second-order valence-corrected chi connectivity index (χ2v) is 2.16. The highest BCUT2D eigenvalue weighted by atomic mass is 19.4. The normalized spacial score (nSPS) is 16.1. The minimum Gasteiger partial charge on any atom is -0.324 e. The van der Waals surface area contributed by atoms with E-state index in [2.05, 4.69) is 4.74 Å². The molecule has 0 saturated carbocycles. The molecular weight excluding hydrogens is 228 g/mol. The molecule has 0 rings (SSSR count). The van der Waals surface area contributed by atoms with Gasteiger partial charge in [-0.2, -0.15) is 26.3 Å². The highest BCUT2D eigenvalue weighted by Gasteiger charge is 2.58. The number of hydrogen-bond acceptors (Lipinski definition) is 1. The number of rotatable bonds is 3. The smallest absolute Gasteiger partial charge is 0.324 e. The predicted molar refractivity (Wildman–Crippen MR) is 27.9 cm³/mol. The van der Waals surface area contributed by atoms with E-state index in [1.165, 1.54) is 0 Å². The lowest BCUT2D eigenvalue weighted by Crippen LogP contribution is -2.46. The molecule has 1 nitrogen and oxygen atoms in total. The van der Waals surface area contributed by atoms with Crippen molar-refractivity contribution in [2.45, 2.75) is 24.8 Å². The van der Waals surface area contributed by atoms with Crippen LogP contribution in [0.15, 0.2) is 0 Å². The van der Waals surface area contributed by atoms with Crippen LogP contribution >= 0.6 is 0 Å². The van der Waals surface area contributed by atoms with Crippen molar-refractivity contribution in [3.8, 4) is 0 Å². The Morgan fingerprint density at radius 3 is 1.50 bits per heavy atom. The second kappa shape index (κ2) is 4.28. The zero-order valence-corrected chi connectivity index (χ0v) is 6.29. The van der Waals surface area contributed by atoms with Gasteiger partial charge in [-0.3, -0.25) is 0 Å². The summed E-state index contributed by atoms with van der Waals surface area (Å²) in [5.41, 5.74) is 0. The zero-order valence-electron chi connectivity index (χ0n) is 6.29. The van der Waals surface area contributed by atoms with E-state index in [9.17, 15) is 35.1 Å². The van der Waals surface area contributed by atoms with E-state index in [1.807, 2.05) is 0 Å². The largest absolute Gasteiger partial charge is 0.423 e. The van der Waals surface area contributed by atoms with Gasteiger partial charge < -0.3 is 4.74 Å². The molecule has 0 aromatic heterocycles. The van der Waals surface area contributed by atoms with Crippen LogP contribution in [0.25, 0.3) is 0 Å². The van der Waals surface area contributed by atoms with E-state index < -0.39 is 31.5 Å². The maximum Gasteiger partial charge on any atom is 0.423 e. The third-order valence-corrected chi connectivity index (χ3v) is 1.000. The van der Waals surface area contributed by atoms with Gasteiger partial charge >= 0.3 is 12.4 Å². The van der Waals surface area contributed by atoms with Crippen LogP contribution < -0.4 is 0 Å². The molecule has 0 N–H and O–H groups in total. The van der Waals surface area contributed by atoms with Gasteiger partial charge in [0.1, 0.15) is 6.67 Å². The van der Waals surface area contributed by atoms with Crippen LogP contribution in [0.3, 0.4) is 0 Å². The summed E-state index contributed by atoms with van der Waals surface area (Å²) >= 11 is 0. The SMILES string of the molecule is FCC(F)OC(C(F)(F)F)C(F)(F)F. The van der Waals surface area contributed by atoms with Crippen molar-refractivity contribution < 1.29 is 39.9 Å². The van der Waals surface area contributed by atoms with Crippen LogP contribution in [0.4, 0.5) is 35.1 Å². The average molecular weight is 232 g/mol. The Morgan fingerprint density at radius 1 is 0.929 bits per heavy atom. The first kappa shape index (κ1) is 13.4. The van der Waals surface area contributed by atoms with Crippen molar-refractivity contribution in [3.63, 3.8) is 0 Å². The van der Waals surface area contributed by atoms with Gasteiger partial charge in [-0.25, -0.2) is 8.78 Å². The monoisotopic (exact) mass is 232 g/mol. The maximum atomic E-state index is 11.8. The number of alkyl halides is 8.